The van der Waals surface area contributed by atoms with E-state index in [4.69, 9.17) is 10.6 Å². The molecule has 0 aliphatic carbocycles. The van der Waals surface area contributed by atoms with Crippen LogP contribution in [0.4, 0.5) is 0 Å². The summed E-state index contributed by atoms with van der Waals surface area (Å²) in [6.07, 6.45) is 0. The van der Waals surface area contributed by atoms with Crippen LogP contribution in [0, 0.1) is 0 Å². The Hall–Kier alpha value is -1.55. The van der Waals surface area contributed by atoms with Crippen molar-refractivity contribution in [3.8, 4) is 0 Å². The molecule has 5 nitrogen and oxygen atoms in total. The number of aliphatic hydroxyl groups is 1. The fourth-order valence-corrected chi connectivity index (χ4v) is 1.53. The van der Waals surface area contributed by atoms with E-state index in [-0.39, 0.29) is 6.61 Å². The monoisotopic (exact) mass is 220 g/mol. The Kier molecular flexibility index (Phi) is 4.79. The van der Waals surface area contributed by atoms with Crippen LogP contribution in [0.2, 0.25) is 0 Å². The molecule has 0 bridgehead atoms. The molecule has 0 aromatic heterocycles. The van der Waals surface area contributed by atoms with Gasteiger partial charge in [-0.05, 0) is 30.8 Å². The van der Waals surface area contributed by atoms with Gasteiger partial charge in [-0.25, -0.2) is 0 Å². The normalized spacial score (nSPS) is 12.2. The molecule has 0 aliphatic heterocycles. The zero-order valence-electron chi connectivity index (χ0n) is 9.54. The summed E-state index contributed by atoms with van der Waals surface area (Å²) in [5.74, 6) is 0. The van der Waals surface area contributed by atoms with Crippen molar-refractivity contribution in [2.75, 3.05) is 20.7 Å². The molecule has 0 aliphatic rings. The third kappa shape index (κ3) is 3.55. The van der Waals surface area contributed by atoms with Gasteiger partial charge in [0, 0.05) is 11.5 Å². The minimum atomic E-state index is -0.493. The number of hydrogen-bond donors (Lipinski definition) is 1. The van der Waals surface area contributed by atoms with E-state index >= 15 is 0 Å². The Morgan fingerprint density at radius 2 is 2.25 bits per heavy atom. The summed E-state index contributed by atoms with van der Waals surface area (Å²) in [4.78, 5) is 4.78. The molecular weight excluding hydrogens is 204 g/mol. The van der Waals surface area contributed by atoms with E-state index in [1.807, 2.05) is 38.4 Å². The van der Waals surface area contributed by atoms with Crippen LogP contribution in [0.5, 0.6) is 0 Å². The van der Waals surface area contributed by atoms with E-state index in [1.165, 1.54) is 0 Å². The molecule has 0 fully saturated rings. The maximum Gasteiger partial charge on any atom is 0.0856 e. The minimum absolute atomic E-state index is 0.171. The fourth-order valence-electron chi connectivity index (χ4n) is 1.53. The van der Waals surface area contributed by atoms with Gasteiger partial charge in [0.05, 0.1) is 12.6 Å². The smallest absolute Gasteiger partial charge is 0.0856 e. The van der Waals surface area contributed by atoms with Crippen molar-refractivity contribution >= 4 is 0 Å². The SMILES string of the molecule is CN(C)Cc1cccc(C(CO)N=[N+]=[N-])c1. The molecule has 0 heterocycles. The van der Waals surface area contributed by atoms with Crippen LogP contribution in [0.25, 0.3) is 10.4 Å². The fraction of sp³-hybridized carbons (Fsp3) is 0.455. The van der Waals surface area contributed by atoms with Crippen LogP contribution < -0.4 is 0 Å². The molecule has 0 amide bonds. The van der Waals surface area contributed by atoms with Gasteiger partial charge >= 0.3 is 0 Å². The quantitative estimate of drug-likeness (QED) is 0.469. The van der Waals surface area contributed by atoms with Gasteiger partial charge in [-0.2, -0.15) is 0 Å². The molecule has 0 saturated carbocycles. The van der Waals surface area contributed by atoms with Crippen molar-refractivity contribution in [3.05, 3.63) is 45.8 Å². The third-order valence-electron chi connectivity index (χ3n) is 2.20. The number of azide groups is 1. The molecule has 86 valence electrons. The van der Waals surface area contributed by atoms with Gasteiger partial charge in [-0.15, -0.1) is 0 Å². The van der Waals surface area contributed by atoms with Gasteiger partial charge in [-0.3, -0.25) is 0 Å². The summed E-state index contributed by atoms with van der Waals surface area (Å²) in [7, 11) is 3.98. The Morgan fingerprint density at radius 1 is 1.50 bits per heavy atom. The van der Waals surface area contributed by atoms with E-state index in [2.05, 4.69) is 14.9 Å². The van der Waals surface area contributed by atoms with E-state index in [1.54, 1.807) is 0 Å². The summed E-state index contributed by atoms with van der Waals surface area (Å²) in [5.41, 5.74) is 10.4. The predicted octanol–water partition coefficient (Wildman–Crippen LogP) is 2.09. The molecule has 1 unspecified atom stereocenters. The topological polar surface area (TPSA) is 72.2 Å². The first-order chi connectivity index (χ1) is 7.67. The Labute approximate surface area is 94.9 Å². The van der Waals surface area contributed by atoms with E-state index < -0.39 is 6.04 Å². The van der Waals surface area contributed by atoms with Crippen LogP contribution in [0.15, 0.2) is 29.4 Å². The molecule has 1 atom stereocenters. The lowest BCUT2D eigenvalue weighted by atomic mass is 10.0. The maximum absolute atomic E-state index is 9.11. The molecular formula is C11H16N4O. The van der Waals surface area contributed by atoms with Crippen molar-refractivity contribution in [2.24, 2.45) is 5.11 Å². The Balaban J connectivity index is 2.91. The van der Waals surface area contributed by atoms with Gasteiger partial charge in [0.1, 0.15) is 0 Å². The average molecular weight is 220 g/mol. The lowest BCUT2D eigenvalue weighted by Crippen LogP contribution is -2.11. The molecule has 1 aromatic rings. The summed E-state index contributed by atoms with van der Waals surface area (Å²) in [6.45, 7) is 0.651. The van der Waals surface area contributed by atoms with E-state index in [0.29, 0.717) is 0 Å². The first kappa shape index (κ1) is 12.5. The lowest BCUT2D eigenvalue weighted by molar-refractivity contribution is 0.268. The molecule has 0 radical (unpaired) electrons. The number of benzene rings is 1. The van der Waals surface area contributed by atoms with Gasteiger partial charge in [0.2, 0.25) is 0 Å². The van der Waals surface area contributed by atoms with Gasteiger partial charge in [0.25, 0.3) is 0 Å². The van der Waals surface area contributed by atoms with Gasteiger partial charge in [0.15, 0.2) is 0 Å². The van der Waals surface area contributed by atoms with Crippen LogP contribution in [-0.2, 0) is 6.54 Å². The van der Waals surface area contributed by atoms with Gasteiger partial charge < -0.3 is 10.0 Å². The Bertz CT molecular complexity index is 385. The highest BCUT2D eigenvalue weighted by Crippen LogP contribution is 2.18. The molecule has 16 heavy (non-hydrogen) atoms. The first-order valence-corrected chi connectivity index (χ1v) is 5.06. The molecule has 1 aromatic carbocycles. The highest BCUT2D eigenvalue weighted by molar-refractivity contribution is 5.26. The van der Waals surface area contributed by atoms with Crippen molar-refractivity contribution < 1.29 is 5.11 Å². The summed E-state index contributed by atoms with van der Waals surface area (Å²) < 4.78 is 0. The Morgan fingerprint density at radius 3 is 2.81 bits per heavy atom. The maximum atomic E-state index is 9.11. The summed E-state index contributed by atoms with van der Waals surface area (Å²) in [5, 5.41) is 12.7. The molecule has 0 saturated heterocycles. The van der Waals surface area contributed by atoms with Crippen molar-refractivity contribution in [1.82, 2.24) is 4.90 Å². The number of rotatable bonds is 5. The molecule has 1 rings (SSSR count). The highest BCUT2D eigenvalue weighted by Gasteiger charge is 2.08. The molecule has 5 heteroatoms. The minimum Gasteiger partial charge on any atom is -0.396 e. The summed E-state index contributed by atoms with van der Waals surface area (Å²) in [6, 6.07) is 7.23. The van der Waals surface area contributed by atoms with Crippen molar-refractivity contribution in [2.45, 2.75) is 12.6 Å². The number of nitrogens with zero attached hydrogens (tertiary/aromatic N) is 4. The predicted molar refractivity (Wildman–Crippen MR) is 62.8 cm³/mol. The molecule has 0 spiro atoms. The van der Waals surface area contributed by atoms with E-state index in [0.717, 1.165) is 17.7 Å². The van der Waals surface area contributed by atoms with Crippen LogP contribution >= 0.6 is 0 Å². The second-order valence-corrected chi connectivity index (χ2v) is 3.89. The largest absolute Gasteiger partial charge is 0.396 e. The number of hydrogen-bond acceptors (Lipinski definition) is 3. The van der Waals surface area contributed by atoms with Crippen LogP contribution in [-0.4, -0.2) is 30.7 Å². The second-order valence-electron chi connectivity index (χ2n) is 3.89. The standard InChI is InChI=1S/C11H16N4O/c1-15(2)7-9-4-3-5-10(6-9)11(8-16)13-14-12/h3-6,11,16H,7-8H2,1-2H3. The number of aliphatic hydroxyl groups excluding tert-OH is 1. The lowest BCUT2D eigenvalue weighted by Gasteiger charge is -2.13. The second kappa shape index (κ2) is 6.12. The first-order valence-electron chi connectivity index (χ1n) is 5.06. The van der Waals surface area contributed by atoms with Crippen molar-refractivity contribution in [3.63, 3.8) is 0 Å². The van der Waals surface area contributed by atoms with Crippen molar-refractivity contribution in [1.29, 1.82) is 0 Å². The zero-order valence-corrected chi connectivity index (χ0v) is 9.54. The molecule has 1 N–H and O–H groups in total. The van der Waals surface area contributed by atoms with Gasteiger partial charge in [-0.1, -0.05) is 29.4 Å². The summed E-state index contributed by atoms with van der Waals surface area (Å²) >= 11 is 0. The third-order valence-corrected chi connectivity index (χ3v) is 2.20. The highest BCUT2D eigenvalue weighted by atomic mass is 16.3. The van der Waals surface area contributed by atoms with Crippen LogP contribution in [0.1, 0.15) is 17.2 Å². The van der Waals surface area contributed by atoms with Crippen LogP contribution in [0.3, 0.4) is 0 Å². The average Bonchev–Trinajstić information content (AvgIpc) is 2.25. The zero-order chi connectivity index (χ0) is 12.0. The van der Waals surface area contributed by atoms with E-state index in [9.17, 15) is 0 Å².